The summed E-state index contributed by atoms with van der Waals surface area (Å²) in [7, 11) is 0. The summed E-state index contributed by atoms with van der Waals surface area (Å²) in [4.78, 5) is 38.9. The van der Waals surface area contributed by atoms with E-state index in [-0.39, 0.29) is 28.9 Å². The predicted octanol–water partition coefficient (Wildman–Crippen LogP) is 1.90. The van der Waals surface area contributed by atoms with Gasteiger partial charge in [-0.2, -0.15) is 4.98 Å². The van der Waals surface area contributed by atoms with Crippen LogP contribution in [0.4, 0.5) is 5.69 Å². The Balaban J connectivity index is 2.08. The molecule has 2 aromatic rings. The van der Waals surface area contributed by atoms with Gasteiger partial charge in [0.2, 0.25) is 11.8 Å². The number of Topliss-reactive ketones (excluding diaryl/α,β-unsaturated/α-hetero) is 1. The molecule has 0 aliphatic rings. The van der Waals surface area contributed by atoms with Crippen molar-refractivity contribution in [3.8, 4) is 5.88 Å². The van der Waals surface area contributed by atoms with Crippen LogP contribution in [0.2, 0.25) is 0 Å². The van der Waals surface area contributed by atoms with Crippen molar-refractivity contribution >= 4 is 29.1 Å². The van der Waals surface area contributed by atoms with Gasteiger partial charge in [0.1, 0.15) is 0 Å². The number of anilines is 1. The van der Waals surface area contributed by atoms with E-state index in [2.05, 4.69) is 10.3 Å². The first-order chi connectivity index (χ1) is 11.4. The van der Waals surface area contributed by atoms with Crippen molar-refractivity contribution in [2.75, 3.05) is 11.1 Å². The highest BCUT2D eigenvalue weighted by Crippen LogP contribution is 2.19. The minimum Gasteiger partial charge on any atom is -0.493 e. The molecule has 0 spiro atoms. The predicted molar refractivity (Wildman–Crippen MR) is 91.6 cm³/mol. The van der Waals surface area contributed by atoms with Gasteiger partial charge in [-0.3, -0.25) is 19.0 Å². The van der Waals surface area contributed by atoms with Crippen LogP contribution in [0.1, 0.15) is 24.2 Å². The molecule has 0 aliphatic heterocycles. The van der Waals surface area contributed by atoms with E-state index < -0.39 is 0 Å². The molecular formula is C16H17N3O4S. The van der Waals surface area contributed by atoms with Crippen molar-refractivity contribution < 1.29 is 14.7 Å². The summed E-state index contributed by atoms with van der Waals surface area (Å²) in [6, 6.07) is 7.58. The lowest BCUT2D eigenvalue weighted by molar-refractivity contribution is -0.114. The number of hydrogen-bond donors (Lipinski definition) is 2. The minimum absolute atomic E-state index is 0.0787. The summed E-state index contributed by atoms with van der Waals surface area (Å²) in [6.45, 7) is 3.59. The average Bonchev–Trinajstić information content (AvgIpc) is 2.52. The maximum atomic E-state index is 12.2. The van der Waals surface area contributed by atoms with E-state index >= 15 is 0 Å². The summed E-state index contributed by atoms with van der Waals surface area (Å²) in [5.74, 6) is -0.610. The van der Waals surface area contributed by atoms with Gasteiger partial charge in [0, 0.05) is 24.7 Å². The molecule has 126 valence electrons. The lowest BCUT2D eigenvalue weighted by Gasteiger charge is -2.09. The van der Waals surface area contributed by atoms with Gasteiger partial charge in [-0.1, -0.05) is 11.8 Å². The van der Waals surface area contributed by atoms with Crippen LogP contribution in [-0.2, 0) is 11.3 Å². The Morgan fingerprint density at radius 1 is 1.29 bits per heavy atom. The Hall–Kier alpha value is -2.61. The Labute approximate surface area is 142 Å². The third-order valence-corrected chi connectivity index (χ3v) is 4.11. The Bertz CT molecular complexity index is 815. The van der Waals surface area contributed by atoms with E-state index in [1.54, 1.807) is 31.2 Å². The highest BCUT2D eigenvalue weighted by atomic mass is 32.2. The van der Waals surface area contributed by atoms with Crippen LogP contribution in [0.15, 0.2) is 40.3 Å². The molecule has 0 saturated heterocycles. The summed E-state index contributed by atoms with van der Waals surface area (Å²) < 4.78 is 1.39. The zero-order chi connectivity index (χ0) is 17.7. The molecular weight excluding hydrogens is 330 g/mol. The van der Waals surface area contributed by atoms with E-state index in [9.17, 15) is 19.5 Å². The number of carbonyl (C=O) groups excluding carboxylic acids is 2. The molecule has 8 heteroatoms. The van der Waals surface area contributed by atoms with Gasteiger partial charge in [-0.25, -0.2) is 0 Å². The van der Waals surface area contributed by atoms with E-state index in [1.807, 2.05) is 0 Å². The number of nitrogens with one attached hydrogen (secondary N) is 1. The second-order valence-electron chi connectivity index (χ2n) is 4.95. The quantitative estimate of drug-likeness (QED) is 0.470. The summed E-state index contributed by atoms with van der Waals surface area (Å²) in [6.07, 6.45) is 0. The van der Waals surface area contributed by atoms with Crippen molar-refractivity contribution in [1.82, 2.24) is 9.55 Å². The van der Waals surface area contributed by atoms with Crippen molar-refractivity contribution in [2.24, 2.45) is 0 Å². The topological polar surface area (TPSA) is 101 Å². The zero-order valence-electron chi connectivity index (χ0n) is 13.3. The SMILES string of the molecule is CCn1c(SCC(=O)c2ccc(NC(C)=O)cc2)nc(O)cc1=O. The highest BCUT2D eigenvalue weighted by molar-refractivity contribution is 7.99. The Morgan fingerprint density at radius 3 is 2.54 bits per heavy atom. The van der Waals surface area contributed by atoms with Gasteiger partial charge >= 0.3 is 0 Å². The fourth-order valence-corrected chi connectivity index (χ4v) is 2.99. The smallest absolute Gasteiger partial charge is 0.257 e. The molecule has 1 aromatic carbocycles. The molecule has 0 radical (unpaired) electrons. The molecule has 0 atom stereocenters. The van der Waals surface area contributed by atoms with Crippen molar-refractivity contribution in [2.45, 2.75) is 25.5 Å². The van der Waals surface area contributed by atoms with Gasteiger partial charge in [-0.15, -0.1) is 0 Å². The molecule has 2 N–H and O–H groups in total. The lowest BCUT2D eigenvalue weighted by atomic mass is 10.1. The van der Waals surface area contributed by atoms with E-state index in [4.69, 9.17) is 0 Å². The first kappa shape index (κ1) is 17.7. The molecule has 2 rings (SSSR count). The number of thioether (sulfide) groups is 1. The fourth-order valence-electron chi connectivity index (χ4n) is 2.03. The van der Waals surface area contributed by atoms with Crippen LogP contribution in [0, 0.1) is 0 Å². The normalized spacial score (nSPS) is 10.4. The Kier molecular flexibility index (Phi) is 5.75. The van der Waals surface area contributed by atoms with Crippen LogP contribution >= 0.6 is 11.8 Å². The average molecular weight is 347 g/mol. The van der Waals surface area contributed by atoms with Crippen LogP contribution in [0.25, 0.3) is 0 Å². The van der Waals surface area contributed by atoms with Crippen LogP contribution in [0.5, 0.6) is 5.88 Å². The molecule has 0 saturated carbocycles. The third-order valence-electron chi connectivity index (χ3n) is 3.14. The fraction of sp³-hybridized carbons (Fsp3) is 0.250. The number of rotatable bonds is 6. The molecule has 0 unspecified atom stereocenters. The Morgan fingerprint density at radius 2 is 1.96 bits per heavy atom. The van der Waals surface area contributed by atoms with Crippen LogP contribution < -0.4 is 10.9 Å². The maximum absolute atomic E-state index is 12.2. The largest absolute Gasteiger partial charge is 0.493 e. The zero-order valence-corrected chi connectivity index (χ0v) is 14.1. The van der Waals surface area contributed by atoms with Crippen LogP contribution in [0.3, 0.4) is 0 Å². The molecule has 0 bridgehead atoms. The molecule has 0 aliphatic carbocycles. The number of ketones is 1. The molecule has 0 fully saturated rings. The summed E-state index contributed by atoms with van der Waals surface area (Å²) >= 11 is 1.09. The van der Waals surface area contributed by atoms with Crippen molar-refractivity contribution in [3.05, 3.63) is 46.2 Å². The number of amides is 1. The van der Waals surface area contributed by atoms with E-state index in [0.717, 1.165) is 17.8 Å². The molecule has 7 nitrogen and oxygen atoms in total. The summed E-state index contributed by atoms with van der Waals surface area (Å²) in [5.41, 5.74) is 0.739. The molecule has 24 heavy (non-hydrogen) atoms. The highest BCUT2D eigenvalue weighted by Gasteiger charge is 2.12. The van der Waals surface area contributed by atoms with E-state index in [1.165, 1.54) is 11.5 Å². The van der Waals surface area contributed by atoms with Gasteiger partial charge in [-0.05, 0) is 31.2 Å². The summed E-state index contributed by atoms with van der Waals surface area (Å²) in [5, 5.41) is 12.4. The number of benzene rings is 1. The molecule has 1 amide bonds. The van der Waals surface area contributed by atoms with Gasteiger partial charge in [0.25, 0.3) is 5.56 Å². The minimum atomic E-state index is -0.362. The van der Waals surface area contributed by atoms with Crippen molar-refractivity contribution in [1.29, 1.82) is 0 Å². The first-order valence-corrected chi connectivity index (χ1v) is 8.23. The second-order valence-corrected chi connectivity index (χ2v) is 5.89. The van der Waals surface area contributed by atoms with Gasteiger partial charge in [0.15, 0.2) is 10.9 Å². The number of carbonyl (C=O) groups is 2. The molecule has 1 heterocycles. The number of hydrogen-bond acceptors (Lipinski definition) is 6. The number of nitrogens with zero attached hydrogens (tertiary/aromatic N) is 2. The van der Waals surface area contributed by atoms with Crippen molar-refractivity contribution in [3.63, 3.8) is 0 Å². The monoisotopic (exact) mass is 347 g/mol. The molecule has 1 aromatic heterocycles. The van der Waals surface area contributed by atoms with E-state index in [0.29, 0.717) is 23.0 Å². The third kappa shape index (κ3) is 4.45. The van der Waals surface area contributed by atoms with Crippen LogP contribution in [-0.4, -0.2) is 32.1 Å². The lowest BCUT2D eigenvalue weighted by Crippen LogP contribution is -2.21. The first-order valence-electron chi connectivity index (χ1n) is 7.25. The maximum Gasteiger partial charge on any atom is 0.257 e. The number of aromatic nitrogens is 2. The second kappa shape index (κ2) is 7.78. The standard InChI is InChI=1S/C16H17N3O4S/c1-3-19-15(23)8-14(22)18-16(19)24-9-13(21)11-4-6-12(7-5-11)17-10(2)20/h4-8,22H,3,9H2,1-2H3,(H,17,20). The van der Waals surface area contributed by atoms with Gasteiger partial charge in [0.05, 0.1) is 11.8 Å². The van der Waals surface area contributed by atoms with Gasteiger partial charge < -0.3 is 10.4 Å². The number of aromatic hydroxyl groups is 1.